The average molecular weight is 376 g/mol. The molecule has 26 heavy (non-hydrogen) atoms. The highest BCUT2D eigenvalue weighted by Crippen LogP contribution is 2.21. The van der Waals surface area contributed by atoms with E-state index in [0.29, 0.717) is 11.4 Å². The molecule has 0 aliphatic carbocycles. The van der Waals surface area contributed by atoms with Gasteiger partial charge in [-0.1, -0.05) is 6.07 Å². The largest absolute Gasteiger partial charge is 0.481 e. The molecule has 1 atom stereocenters. The molecule has 1 amide bonds. The van der Waals surface area contributed by atoms with Crippen molar-refractivity contribution in [2.45, 2.75) is 26.9 Å². The molecule has 2 aromatic rings. The molecule has 0 spiro atoms. The van der Waals surface area contributed by atoms with Gasteiger partial charge in [0.15, 0.2) is 6.10 Å². The first kappa shape index (κ1) is 19.8. The highest BCUT2D eigenvalue weighted by atomic mass is 32.2. The number of benzene rings is 2. The zero-order valence-corrected chi connectivity index (χ0v) is 16.4. The van der Waals surface area contributed by atoms with E-state index in [-0.39, 0.29) is 5.91 Å². The Morgan fingerprint density at radius 1 is 1.08 bits per heavy atom. The van der Waals surface area contributed by atoms with Crippen molar-refractivity contribution < 1.29 is 17.9 Å². The summed E-state index contributed by atoms with van der Waals surface area (Å²) in [6, 6.07) is 12.4. The number of carbonyl (C=O) groups is 1. The second kappa shape index (κ2) is 7.78. The quantitative estimate of drug-likeness (QED) is 0.840. The fraction of sp³-hybridized carbons (Fsp3) is 0.316. The molecule has 1 N–H and O–H groups in total. The zero-order valence-electron chi connectivity index (χ0n) is 15.6. The highest BCUT2D eigenvalue weighted by Gasteiger charge is 2.16. The number of hydrogen-bond donors (Lipinski definition) is 1. The maximum atomic E-state index is 12.3. The number of carbonyl (C=O) groups excluding carboxylic acids is 1. The third kappa shape index (κ3) is 5.23. The van der Waals surface area contributed by atoms with E-state index in [4.69, 9.17) is 4.74 Å². The van der Waals surface area contributed by atoms with Crippen molar-refractivity contribution in [2.24, 2.45) is 0 Å². The van der Waals surface area contributed by atoms with Crippen LogP contribution in [0.5, 0.6) is 5.75 Å². The Hall–Kier alpha value is -2.54. The topological polar surface area (TPSA) is 75.7 Å². The summed E-state index contributed by atoms with van der Waals surface area (Å²) in [4.78, 5) is 12.3. The van der Waals surface area contributed by atoms with E-state index in [9.17, 15) is 13.2 Å². The first-order valence-corrected chi connectivity index (χ1v) is 10.0. The second-order valence-electron chi connectivity index (χ2n) is 6.35. The molecule has 0 aromatic heterocycles. The van der Waals surface area contributed by atoms with Crippen molar-refractivity contribution in [2.75, 3.05) is 22.9 Å². The molecule has 0 saturated carbocycles. The molecule has 0 fully saturated rings. The van der Waals surface area contributed by atoms with Crippen LogP contribution < -0.4 is 14.4 Å². The van der Waals surface area contributed by atoms with E-state index in [1.807, 2.05) is 32.0 Å². The van der Waals surface area contributed by atoms with E-state index in [1.165, 1.54) is 11.4 Å². The molecular formula is C19H24N2O4S. The number of nitrogens with zero attached hydrogens (tertiary/aromatic N) is 1. The monoisotopic (exact) mass is 376 g/mol. The van der Waals surface area contributed by atoms with Crippen LogP contribution in [0.3, 0.4) is 0 Å². The Morgan fingerprint density at radius 3 is 2.12 bits per heavy atom. The van der Waals surface area contributed by atoms with Gasteiger partial charge in [0.1, 0.15) is 5.75 Å². The van der Waals surface area contributed by atoms with Crippen molar-refractivity contribution in [3.05, 3.63) is 53.6 Å². The molecule has 7 heteroatoms. The number of hydrogen-bond acceptors (Lipinski definition) is 4. The van der Waals surface area contributed by atoms with E-state index in [1.54, 1.807) is 31.2 Å². The van der Waals surface area contributed by atoms with Gasteiger partial charge in [-0.3, -0.25) is 9.10 Å². The minimum atomic E-state index is -3.32. The predicted molar refractivity (Wildman–Crippen MR) is 104 cm³/mol. The number of nitrogens with one attached hydrogen (secondary N) is 1. The Bertz CT molecular complexity index is 872. The molecule has 0 bridgehead atoms. The summed E-state index contributed by atoms with van der Waals surface area (Å²) < 4.78 is 29.9. The summed E-state index contributed by atoms with van der Waals surface area (Å²) in [7, 11) is -1.84. The molecule has 0 heterocycles. The summed E-state index contributed by atoms with van der Waals surface area (Å²) in [6.45, 7) is 5.60. The van der Waals surface area contributed by atoms with Crippen molar-refractivity contribution in [1.29, 1.82) is 0 Å². The van der Waals surface area contributed by atoms with Gasteiger partial charge >= 0.3 is 0 Å². The van der Waals surface area contributed by atoms with Gasteiger partial charge in [0.05, 0.1) is 11.9 Å². The number of anilines is 2. The molecule has 0 aliphatic rings. The van der Waals surface area contributed by atoms with E-state index in [2.05, 4.69) is 5.32 Å². The minimum Gasteiger partial charge on any atom is -0.481 e. The molecular weight excluding hydrogens is 352 g/mol. The van der Waals surface area contributed by atoms with Gasteiger partial charge in [-0.2, -0.15) is 0 Å². The Kier molecular flexibility index (Phi) is 5.92. The number of aryl methyl sites for hydroxylation is 2. The van der Waals surface area contributed by atoms with Gasteiger partial charge in [-0.15, -0.1) is 0 Å². The summed E-state index contributed by atoms with van der Waals surface area (Å²) in [6.07, 6.45) is 0.436. The van der Waals surface area contributed by atoms with Crippen LogP contribution in [0.25, 0.3) is 0 Å². The average Bonchev–Trinajstić information content (AvgIpc) is 2.53. The lowest BCUT2D eigenvalue weighted by Gasteiger charge is -2.18. The van der Waals surface area contributed by atoms with Crippen molar-refractivity contribution >= 4 is 27.3 Å². The van der Waals surface area contributed by atoms with Crippen LogP contribution in [-0.4, -0.2) is 33.7 Å². The molecule has 0 saturated heterocycles. The first-order chi connectivity index (χ1) is 12.1. The molecule has 0 aliphatic heterocycles. The van der Waals surface area contributed by atoms with E-state index >= 15 is 0 Å². The number of amides is 1. The van der Waals surface area contributed by atoms with Crippen LogP contribution in [0.2, 0.25) is 0 Å². The zero-order chi connectivity index (χ0) is 19.5. The maximum absolute atomic E-state index is 12.3. The summed E-state index contributed by atoms with van der Waals surface area (Å²) in [5, 5.41) is 2.84. The SMILES string of the molecule is Cc1cc(C)cc(NC(=O)C(C)Oc2ccc(N(C)S(C)(=O)=O)cc2)c1. The summed E-state index contributed by atoms with van der Waals surface area (Å²) in [5.74, 6) is 0.228. The highest BCUT2D eigenvalue weighted by molar-refractivity contribution is 7.92. The van der Waals surface area contributed by atoms with Crippen LogP contribution in [0, 0.1) is 13.8 Å². The lowest BCUT2D eigenvalue weighted by molar-refractivity contribution is -0.122. The third-order valence-corrected chi connectivity index (χ3v) is 5.07. The fourth-order valence-electron chi connectivity index (χ4n) is 2.47. The fourth-order valence-corrected chi connectivity index (χ4v) is 2.98. The van der Waals surface area contributed by atoms with E-state index in [0.717, 1.165) is 23.1 Å². The van der Waals surface area contributed by atoms with Crippen LogP contribution in [0.15, 0.2) is 42.5 Å². The summed E-state index contributed by atoms with van der Waals surface area (Å²) >= 11 is 0. The van der Waals surface area contributed by atoms with Crippen LogP contribution in [0.1, 0.15) is 18.1 Å². The molecule has 140 valence electrons. The lowest BCUT2D eigenvalue weighted by Crippen LogP contribution is -2.30. The first-order valence-electron chi connectivity index (χ1n) is 8.16. The van der Waals surface area contributed by atoms with Crippen molar-refractivity contribution in [3.63, 3.8) is 0 Å². The predicted octanol–water partition coefficient (Wildman–Crippen LogP) is 3.11. The summed E-state index contributed by atoms with van der Waals surface area (Å²) in [5.41, 5.74) is 3.39. The van der Waals surface area contributed by atoms with Crippen LogP contribution in [-0.2, 0) is 14.8 Å². The molecule has 0 radical (unpaired) electrons. The van der Waals surface area contributed by atoms with Gasteiger partial charge in [-0.05, 0) is 68.3 Å². The molecule has 2 aromatic carbocycles. The third-order valence-electron chi connectivity index (χ3n) is 3.87. The Labute approximate surface area is 154 Å². The standard InChI is InChI=1S/C19H24N2O4S/c1-13-10-14(2)12-16(11-13)20-19(22)15(3)25-18-8-6-17(7-9-18)21(4)26(5,23)24/h6-12,15H,1-5H3,(H,20,22). The molecule has 2 rings (SSSR count). The minimum absolute atomic E-state index is 0.257. The number of sulfonamides is 1. The van der Waals surface area contributed by atoms with Crippen LogP contribution in [0.4, 0.5) is 11.4 Å². The Morgan fingerprint density at radius 2 is 1.62 bits per heavy atom. The van der Waals surface area contributed by atoms with Gasteiger partial charge in [0.25, 0.3) is 5.91 Å². The van der Waals surface area contributed by atoms with Gasteiger partial charge < -0.3 is 10.1 Å². The molecule has 6 nitrogen and oxygen atoms in total. The van der Waals surface area contributed by atoms with Crippen LogP contribution >= 0.6 is 0 Å². The Balaban J connectivity index is 2.02. The second-order valence-corrected chi connectivity index (χ2v) is 8.36. The normalized spacial score (nSPS) is 12.3. The van der Waals surface area contributed by atoms with Gasteiger partial charge in [0, 0.05) is 12.7 Å². The van der Waals surface area contributed by atoms with Crippen molar-refractivity contribution in [1.82, 2.24) is 0 Å². The number of ether oxygens (including phenoxy) is 1. The smallest absolute Gasteiger partial charge is 0.265 e. The number of rotatable bonds is 6. The van der Waals surface area contributed by atoms with Gasteiger partial charge in [-0.25, -0.2) is 8.42 Å². The van der Waals surface area contributed by atoms with Crippen molar-refractivity contribution in [3.8, 4) is 5.75 Å². The van der Waals surface area contributed by atoms with Gasteiger partial charge in [0.2, 0.25) is 10.0 Å². The van der Waals surface area contributed by atoms with E-state index < -0.39 is 16.1 Å². The maximum Gasteiger partial charge on any atom is 0.265 e. The molecule has 1 unspecified atom stereocenters. The lowest BCUT2D eigenvalue weighted by atomic mass is 10.1.